The zero-order chi connectivity index (χ0) is 18.1. The van der Waals surface area contributed by atoms with E-state index in [1.807, 2.05) is 29.2 Å². The van der Waals surface area contributed by atoms with E-state index in [0.29, 0.717) is 24.6 Å². The average Bonchev–Trinajstić information content (AvgIpc) is 3.31. The molecule has 5 heteroatoms. The van der Waals surface area contributed by atoms with E-state index in [-0.39, 0.29) is 11.9 Å². The highest BCUT2D eigenvalue weighted by atomic mass is 16.2. The molecule has 0 saturated carbocycles. The normalized spacial score (nSPS) is 19.7. The minimum absolute atomic E-state index is 0.0681. The van der Waals surface area contributed by atoms with Gasteiger partial charge in [-0.1, -0.05) is 24.3 Å². The smallest absolute Gasteiger partial charge is 0.321 e. The Labute approximate surface area is 153 Å². The monoisotopic (exact) mass is 349 g/mol. The molecule has 4 rings (SSSR count). The van der Waals surface area contributed by atoms with Crippen molar-refractivity contribution in [1.82, 2.24) is 10.2 Å². The minimum Gasteiger partial charge on any atom is -0.338 e. The molecule has 1 N–H and O–H groups in total. The van der Waals surface area contributed by atoms with Gasteiger partial charge >= 0.3 is 6.03 Å². The van der Waals surface area contributed by atoms with E-state index < -0.39 is 0 Å². The fourth-order valence-electron chi connectivity index (χ4n) is 3.93. The van der Waals surface area contributed by atoms with E-state index in [9.17, 15) is 9.59 Å². The van der Waals surface area contributed by atoms with Crippen molar-refractivity contribution >= 4 is 17.6 Å². The molecule has 1 unspecified atom stereocenters. The lowest BCUT2D eigenvalue weighted by Gasteiger charge is -2.19. The molecule has 26 heavy (non-hydrogen) atoms. The largest absolute Gasteiger partial charge is 0.338 e. The summed E-state index contributed by atoms with van der Waals surface area (Å²) in [5, 5.41) is 2.79. The lowest BCUT2D eigenvalue weighted by Crippen LogP contribution is -2.29. The minimum atomic E-state index is -0.0790. The first-order valence-electron chi connectivity index (χ1n) is 9.14. The van der Waals surface area contributed by atoms with E-state index in [4.69, 9.17) is 0 Å². The number of urea groups is 1. The van der Waals surface area contributed by atoms with Gasteiger partial charge in [0, 0.05) is 43.3 Å². The Morgan fingerprint density at radius 2 is 1.85 bits per heavy atom. The van der Waals surface area contributed by atoms with Crippen LogP contribution in [0.15, 0.2) is 48.5 Å². The molecule has 3 amide bonds. The molecule has 0 spiro atoms. The van der Waals surface area contributed by atoms with Gasteiger partial charge in [0.2, 0.25) is 0 Å². The van der Waals surface area contributed by atoms with Gasteiger partial charge in [0.05, 0.1) is 0 Å². The second-order valence-electron chi connectivity index (χ2n) is 7.02. The van der Waals surface area contributed by atoms with Crippen molar-refractivity contribution in [3.8, 4) is 0 Å². The second kappa shape index (κ2) is 6.83. The average molecular weight is 349 g/mol. The molecule has 2 aliphatic rings. The summed E-state index contributed by atoms with van der Waals surface area (Å²) >= 11 is 0. The first-order chi connectivity index (χ1) is 12.6. The second-order valence-corrected chi connectivity index (χ2v) is 7.02. The standard InChI is InChI=1S/C21H23N3O2/c1-15-4-2-3-5-19(15)17-10-12-23(14-17)20(25)16-6-8-18(9-7-16)24-13-11-22-21(24)26/h2-9,17H,10-14H2,1H3,(H,22,26). The molecule has 0 aromatic heterocycles. The Morgan fingerprint density at radius 1 is 1.08 bits per heavy atom. The molecular weight excluding hydrogens is 326 g/mol. The number of anilines is 1. The van der Waals surface area contributed by atoms with Crippen LogP contribution < -0.4 is 10.2 Å². The number of carbonyl (C=O) groups excluding carboxylic acids is 2. The van der Waals surface area contributed by atoms with Crippen LogP contribution in [0.25, 0.3) is 0 Å². The SMILES string of the molecule is Cc1ccccc1C1CCN(C(=O)c2ccc(N3CCNC3=O)cc2)C1. The van der Waals surface area contributed by atoms with Crippen LogP contribution in [0.5, 0.6) is 0 Å². The van der Waals surface area contributed by atoms with E-state index >= 15 is 0 Å². The summed E-state index contributed by atoms with van der Waals surface area (Å²) in [6, 6.07) is 15.7. The third-order valence-corrected chi connectivity index (χ3v) is 5.39. The van der Waals surface area contributed by atoms with Gasteiger partial charge in [-0.2, -0.15) is 0 Å². The van der Waals surface area contributed by atoms with E-state index in [0.717, 1.165) is 25.2 Å². The zero-order valence-corrected chi connectivity index (χ0v) is 14.9. The molecule has 2 aromatic rings. The Bertz CT molecular complexity index is 831. The molecule has 0 bridgehead atoms. The van der Waals surface area contributed by atoms with Gasteiger partial charge in [-0.3, -0.25) is 9.69 Å². The quantitative estimate of drug-likeness (QED) is 0.925. The Morgan fingerprint density at radius 3 is 2.54 bits per heavy atom. The van der Waals surface area contributed by atoms with Crippen LogP contribution >= 0.6 is 0 Å². The van der Waals surface area contributed by atoms with Crippen LogP contribution in [0.4, 0.5) is 10.5 Å². The van der Waals surface area contributed by atoms with E-state index in [1.165, 1.54) is 11.1 Å². The van der Waals surface area contributed by atoms with Gasteiger partial charge in [-0.05, 0) is 48.7 Å². The summed E-state index contributed by atoms with van der Waals surface area (Å²) in [7, 11) is 0. The van der Waals surface area contributed by atoms with Crippen LogP contribution in [0.2, 0.25) is 0 Å². The van der Waals surface area contributed by atoms with Gasteiger partial charge < -0.3 is 10.2 Å². The number of benzene rings is 2. The van der Waals surface area contributed by atoms with Gasteiger partial charge in [-0.15, -0.1) is 0 Å². The molecule has 2 aromatic carbocycles. The molecule has 5 nitrogen and oxygen atoms in total. The molecule has 134 valence electrons. The summed E-state index contributed by atoms with van der Waals surface area (Å²) in [4.78, 5) is 28.2. The van der Waals surface area contributed by atoms with Gasteiger partial charge in [0.15, 0.2) is 0 Å². The number of carbonyl (C=O) groups is 2. The number of nitrogens with one attached hydrogen (secondary N) is 1. The van der Waals surface area contributed by atoms with Gasteiger partial charge in [-0.25, -0.2) is 4.79 Å². The number of hydrogen-bond donors (Lipinski definition) is 1. The fourth-order valence-corrected chi connectivity index (χ4v) is 3.93. The molecule has 0 radical (unpaired) electrons. The van der Waals surface area contributed by atoms with Crippen molar-refractivity contribution in [3.05, 3.63) is 65.2 Å². The molecule has 2 saturated heterocycles. The Hall–Kier alpha value is -2.82. The molecule has 2 heterocycles. The third-order valence-electron chi connectivity index (χ3n) is 5.39. The van der Waals surface area contributed by atoms with Crippen molar-refractivity contribution in [2.45, 2.75) is 19.3 Å². The van der Waals surface area contributed by atoms with Crippen molar-refractivity contribution in [3.63, 3.8) is 0 Å². The Balaban J connectivity index is 1.45. The topological polar surface area (TPSA) is 52.7 Å². The van der Waals surface area contributed by atoms with Gasteiger partial charge in [0.1, 0.15) is 0 Å². The van der Waals surface area contributed by atoms with Crippen LogP contribution in [0, 0.1) is 6.92 Å². The number of nitrogens with zero attached hydrogens (tertiary/aromatic N) is 2. The van der Waals surface area contributed by atoms with Crippen molar-refractivity contribution in [2.75, 3.05) is 31.1 Å². The highest BCUT2D eigenvalue weighted by molar-refractivity contribution is 5.97. The fraction of sp³-hybridized carbons (Fsp3) is 0.333. The zero-order valence-electron chi connectivity index (χ0n) is 14.9. The van der Waals surface area contributed by atoms with E-state index in [2.05, 4.69) is 36.5 Å². The number of hydrogen-bond acceptors (Lipinski definition) is 2. The Kier molecular flexibility index (Phi) is 4.37. The molecule has 2 aliphatic heterocycles. The molecule has 0 aliphatic carbocycles. The lowest BCUT2D eigenvalue weighted by atomic mass is 9.94. The first-order valence-corrected chi connectivity index (χ1v) is 9.14. The summed E-state index contributed by atoms with van der Waals surface area (Å²) in [5.41, 5.74) is 4.15. The maximum absolute atomic E-state index is 12.8. The number of likely N-dealkylation sites (tertiary alicyclic amines) is 1. The summed E-state index contributed by atoms with van der Waals surface area (Å²) in [5.74, 6) is 0.478. The third kappa shape index (κ3) is 3.05. The molecule has 2 fully saturated rings. The highest BCUT2D eigenvalue weighted by Gasteiger charge is 2.29. The van der Waals surface area contributed by atoms with E-state index in [1.54, 1.807) is 4.90 Å². The molecule has 1 atom stereocenters. The van der Waals surface area contributed by atoms with Crippen LogP contribution in [0.1, 0.15) is 33.8 Å². The first kappa shape index (κ1) is 16.6. The van der Waals surface area contributed by atoms with Crippen molar-refractivity contribution in [2.24, 2.45) is 0 Å². The number of rotatable bonds is 3. The van der Waals surface area contributed by atoms with Crippen molar-refractivity contribution < 1.29 is 9.59 Å². The number of amides is 3. The predicted molar refractivity (Wildman–Crippen MR) is 102 cm³/mol. The molecular formula is C21H23N3O2. The maximum Gasteiger partial charge on any atom is 0.321 e. The number of aryl methyl sites for hydroxylation is 1. The van der Waals surface area contributed by atoms with Crippen LogP contribution in [-0.2, 0) is 0 Å². The summed E-state index contributed by atoms with van der Waals surface area (Å²) in [6.45, 7) is 5.01. The van der Waals surface area contributed by atoms with Crippen LogP contribution in [0.3, 0.4) is 0 Å². The van der Waals surface area contributed by atoms with Gasteiger partial charge in [0.25, 0.3) is 5.91 Å². The highest BCUT2D eigenvalue weighted by Crippen LogP contribution is 2.30. The predicted octanol–water partition coefficient (Wildman–Crippen LogP) is 3.15. The summed E-state index contributed by atoms with van der Waals surface area (Å²) in [6.07, 6.45) is 1.00. The summed E-state index contributed by atoms with van der Waals surface area (Å²) < 4.78 is 0. The lowest BCUT2D eigenvalue weighted by molar-refractivity contribution is 0.0791. The maximum atomic E-state index is 12.8. The van der Waals surface area contributed by atoms with Crippen LogP contribution in [-0.4, -0.2) is 43.0 Å². The van der Waals surface area contributed by atoms with Crippen molar-refractivity contribution in [1.29, 1.82) is 0 Å².